The maximum atomic E-state index is 13.6. The number of nitrogens with two attached hydrogens (primary N) is 1. The van der Waals surface area contributed by atoms with Gasteiger partial charge in [0, 0.05) is 6.54 Å². The third-order valence-electron chi connectivity index (χ3n) is 6.75. The third kappa shape index (κ3) is 4.77. The van der Waals surface area contributed by atoms with Crippen LogP contribution in [0.4, 0.5) is 13.2 Å². The molecule has 1 heterocycles. The van der Waals surface area contributed by atoms with Gasteiger partial charge >= 0.3 is 6.36 Å². The molecule has 176 valence electrons. The first-order valence-electron chi connectivity index (χ1n) is 10.7. The van der Waals surface area contributed by atoms with Crippen molar-refractivity contribution in [2.45, 2.75) is 62.4 Å². The van der Waals surface area contributed by atoms with E-state index in [0.717, 1.165) is 12.8 Å². The summed E-state index contributed by atoms with van der Waals surface area (Å²) in [6.07, 6.45) is 3.81. The van der Waals surface area contributed by atoms with Crippen LogP contribution in [0.3, 0.4) is 0 Å². The summed E-state index contributed by atoms with van der Waals surface area (Å²) >= 11 is 0. The number of terminal acetylenes is 1. The topological polar surface area (TPSA) is 102 Å². The van der Waals surface area contributed by atoms with Crippen LogP contribution in [0.15, 0.2) is 24.3 Å². The van der Waals surface area contributed by atoms with E-state index in [0.29, 0.717) is 31.4 Å². The molecule has 1 aromatic carbocycles. The highest BCUT2D eigenvalue weighted by atomic mass is 19.4. The Morgan fingerprint density at radius 3 is 2.33 bits per heavy atom. The molecule has 0 radical (unpaired) electrons. The molecular weight excluding hydrogens is 439 g/mol. The van der Waals surface area contributed by atoms with Gasteiger partial charge in [0.2, 0.25) is 17.7 Å². The molecule has 1 aliphatic heterocycles. The average Bonchev–Trinajstić information content (AvgIpc) is 3.63. The van der Waals surface area contributed by atoms with Gasteiger partial charge in [0.1, 0.15) is 11.8 Å². The number of hydrogen-bond acceptors (Lipinski definition) is 4. The summed E-state index contributed by atoms with van der Waals surface area (Å²) in [6, 6.07) is 3.71. The highest BCUT2D eigenvalue weighted by molar-refractivity contribution is 5.96. The van der Waals surface area contributed by atoms with Crippen molar-refractivity contribution in [1.29, 1.82) is 0 Å². The lowest BCUT2D eigenvalue weighted by molar-refractivity contribution is -0.274. The predicted molar refractivity (Wildman–Crippen MR) is 110 cm³/mol. The Balaban J connectivity index is 1.51. The standard InChI is InChI=1S/C23H24F3N3O4/c1-2-15(11-18(27)30)28-19(31)17-12-21(7-8-21)13-29(17)20(32)22(9-10-22)14-3-5-16(6-4-14)33-23(24,25)26/h1,3-6,15,17H,7-13H2,(H2,27,30)(H,28,31)/t15-,17+/m1/s1. The Bertz CT molecular complexity index is 1010. The molecule has 33 heavy (non-hydrogen) atoms. The second-order valence-electron chi connectivity index (χ2n) is 9.21. The molecule has 2 saturated carbocycles. The number of carbonyl (C=O) groups is 3. The molecule has 3 N–H and O–H groups in total. The molecular formula is C23H24F3N3O4. The van der Waals surface area contributed by atoms with Crippen molar-refractivity contribution in [3.05, 3.63) is 29.8 Å². The highest BCUT2D eigenvalue weighted by Gasteiger charge is 2.61. The van der Waals surface area contributed by atoms with Crippen LogP contribution in [0.5, 0.6) is 5.75 Å². The second-order valence-corrected chi connectivity index (χ2v) is 9.21. The van der Waals surface area contributed by atoms with Gasteiger partial charge in [-0.15, -0.1) is 19.6 Å². The number of halogens is 3. The lowest BCUT2D eigenvalue weighted by Gasteiger charge is -2.29. The zero-order valence-electron chi connectivity index (χ0n) is 17.8. The average molecular weight is 463 g/mol. The van der Waals surface area contributed by atoms with Crippen LogP contribution in [-0.4, -0.2) is 47.6 Å². The molecule has 3 fully saturated rings. The van der Waals surface area contributed by atoms with Gasteiger partial charge < -0.3 is 20.7 Å². The van der Waals surface area contributed by atoms with Gasteiger partial charge in [0.25, 0.3) is 0 Å². The third-order valence-corrected chi connectivity index (χ3v) is 6.75. The van der Waals surface area contributed by atoms with E-state index in [4.69, 9.17) is 12.2 Å². The smallest absolute Gasteiger partial charge is 0.406 e. The quantitative estimate of drug-likeness (QED) is 0.604. The first-order valence-corrected chi connectivity index (χ1v) is 10.7. The molecule has 0 aromatic heterocycles. The van der Waals surface area contributed by atoms with Crippen molar-refractivity contribution in [2.24, 2.45) is 11.1 Å². The van der Waals surface area contributed by atoms with E-state index in [9.17, 15) is 27.6 Å². The van der Waals surface area contributed by atoms with Gasteiger partial charge in [-0.1, -0.05) is 18.1 Å². The molecule has 4 rings (SSSR count). The monoisotopic (exact) mass is 463 g/mol. The first-order chi connectivity index (χ1) is 15.5. The van der Waals surface area contributed by atoms with Crippen molar-refractivity contribution in [1.82, 2.24) is 10.2 Å². The summed E-state index contributed by atoms with van der Waals surface area (Å²) in [6.45, 7) is 0.442. The molecule has 0 bridgehead atoms. The molecule has 2 aliphatic carbocycles. The Hall–Kier alpha value is -3.22. The number of rotatable bonds is 7. The fraction of sp³-hybridized carbons (Fsp3) is 0.522. The number of carbonyl (C=O) groups excluding carboxylic acids is 3. The Morgan fingerprint density at radius 2 is 1.85 bits per heavy atom. The van der Waals surface area contributed by atoms with Gasteiger partial charge in [-0.05, 0) is 55.2 Å². The maximum Gasteiger partial charge on any atom is 0.573 e. The van der Waals surface area contributed by atoms with Crippen LogP contribution >= 0.6 is 0 Å². The molecule has 1 aromatic rings. The summed E-state index contributed by atoms with van der Waals surface area (Å²) in [7, 11) is 0. The van der Waals surface area contributed by atoms with E-state index in [2.05, 4.69) is 16.0 Å². The first kappa shape index (κ1) is 23.0. The van der Waals surface area contributed by atoms with Crippen molar-refractivity contribution in [2.75, 3.05) is 6.54 Å². The van der Waals surface area contributed by atoms with Crippen LogP contribution < -0.4 is 15.8 Å². The molecule has 2 atom stereocenters. The Morgan fingerprint density at radius 1 is 1.21 bits per heavy atom. The van der Waals surface area contributed by atoms with Crippen molar-refractivity contribution >= 4 is 17.7 Å². The van der Waals surface area contributed by atoms with Crippen LogP contribution in [0.1, 0.15) is 44.1 Å². The number of amides is 3. The largest absolute Gasteiger partial charge is 0.573 e. The summed E-state index contributed by atoms with van der Waals surface area (Å²) in [4.78, 5) is 39.4. The summed E-state index contributed by atoms with van der Waals surface area (Å²) < 4.78 is 41.2. The number of ether oxygens (including phenoxy) is 1. The van der Waals surface area contributed by atoms with Gasteiger partial charge in [-0.3, -0.25) is 14.4 Å². The van der Waals surface area contributed by atoms with Gasteiger partial charge in [-0.2, -0.15) is 0 Å². The van der Waals surface area contributed by atoms with E-state index >= 15 is 0 Å². The molecule has 0 unspecified atom stereocenters. The predicted octanol–water partition coefficient (Wildman–Crippen LogP) is 1.99. The highest BCUT2D eigenvalue weighted by Crippen LogP contribution is 2.57. The van der Waals surface area contributed by atoms with Crippen molar-refractivity contribution in [3.63, 3.8) is 0 Å². The van der Waals surface area contributed by atoms with Gasteiger partial charge in [-0.25, -0.2) is 0 Å². The number of benzene rings is 1. The van der Waals surface area contributed by atoms with E-state index in [1.807, 2.05) is 0 Å². The zero-order valence-corrected chi connectivity index (χ0v) is 17.8. The van der Waals surface area contributed by atoms with E-state index in [-0.39, 0.29) is 23.5 Å². The fourth-order valence-corrected chi connectivity index (χ4v) is 4.67. The number of hydrogen-bond donors (Lipinski definition) is 2. The fourth-order valence-electron chi connectivity index (χ4n) is 4.67. The summed E-state index contributed by atoms with van der Waals surface area (Å²) in [5, 5.41) is 2.64. The molecule has 3 amide bonds. The van der Waals surface area contributed by atoms with Gasteiger partial charge in [0.05, 0.1) is 17.9 Å². The van der Waals surface area contributed by atoms with Crippen molar-refractivity contribution < 1.29 is 32.3 Å². The van der Waals surface area contributed by atoms with Crippen LogP contribution in [0.2, 0.25) is 0 Å². The molecule has 1 saturated heterocycles. The number of primary amides is 1. The Kier molecular flexibility index (Phi) is 5.55. The maximum absolute atomic E-state index is 13.6. The summed E-state index contributed by atoms with van der Waals surface area (Å²) in [5.41, 5.74) is 4.81. The molecule has 7 nitrogen and oxygen atoms in total. The van der Waals surface area contributed by atoms with Gasteiger partial charge in [0.15, 0.2) is 0 Å². The normalized spacial score (nSPS) is 22.8. The zero-order chi connectivity index (χ0) is 24.0. The number of nitrogens with one attached hydrogen (secondary N) is 1. The number of nitrogens with zero attached hydrogens (tertiary/aromatic N) is 1. The molecule has 10 heteroatoms. The Labute approximate surface area is 188 Å². The second kappa shape index (κ2) is 7.97. The van der Waals surface area contributed by atoms with Crippen LogP contribution in [-0.2, 0) is 19.8 Å². The molecule has 1 spiro atoms. The van der Waals surface area contributed by atoms with Crippen LogP contribution in [0.25, 0.3) is 0 Å². The van der Waals surface area contributed by atoms with E-state index < -0.39 is 35.7 Å². The minimum Gasteiger partial charge on any atom is -0.406 e. The molecule has 3 aliphatic rings. The summed E-state index contributed by atoms with van der Waals surface area (Å²) in [5.74, 6) is 0.672. The van der Waals surface area contributed by atoms with Crippen molar-refractivity contribution in [3.8, 4) is 18.1 Å². The minimum atomic E-state index is -4.80. The minimum absolute atomic E-state index is 0.0898. The van der Waals surface area contributed by atoms with E-state index in [1.165, 1.54) is 24.3 Å². The lowest BCUT2D eigenvalue weighted by atomic mass is 9.93. The lowest BCUT2D eigenvalue weighted by Crippen LogP contribution is -2.51. The van der Waals surface area contributed by atoms with Crippen LogP contribution in [0, 0.1) is 17.8 Å². The number of alkyl halides is 3. The number of likely N-dealkylation sites (tertiary alicyclic amines) is 1. The SMILES string of the molecule is C#C[C@H](CC(N)=O)NC(=O)[C@@H]1CC2(CC2)CN1C(=O)C1(c2ccc(OC(F)(F)F)cc2)CC1. The van der Waals surface area contributed by atoms with E-state index in [1.54, 1.807) is 4.90 Å².